The van der Waals surface area contributed by atoms with Crippen molar-refractivity contribution in [3.63, 3.8) is 0 Å². The number of rotatable bonds is 5. The van der Waals surface area contributed by atoms with E-state index in [1.165, 1.54) is 71.1 Å². The summed E-state index contributed by atoms with van der Waals surface area (Å²) < 4.78 is 0. The second-order valence-corrected chi connectivity index (χ2v) is 8.32. The molecule has 3 nitrogen and oxygen atoms in total. The first-order chi connectivity index (χ1) is 10.1. The van der Waals surface area contributed by atoms with Crippen LogP contribution in [0.5, 0.6) is 0 Å². The second kappa shape index (κ2) is 6.55. The molecule has 2 aliphatic heterocycles. The molecule has 0 aromatic heterocycles. The highest BCUT2D eigenvalue weighted by Crippen LogP contribution is 2.39. The minimum absolute atomic E-state index is 0.562. The van der Waals surface area contributed by atoms with Gasteiger partial charge in [-0.2, -0.15) is 0 Å². The molecule has 2 atom stereocenters. The molecule has 0 aromatic rings. The van der Waals surface area contributed by atoms with Gasteiger partial charge in [-0.3, -0.25) is 4.90 Å². The Morgan fingerprint density at radius 1 is 1.10 bits per heavy atom. The Morgan fingerprint density at radius 3 is 2.52 bits per heavy atom. The first-order valence-corrected chi connectivity index (χ1v) is 9.26. The third kappa shape index (κ3) is 3.62. The SMILES string of the molecule is CC(C)NCC1(CN2CCC3CCC(C2)N3C)CCCC1. The second-order valence-electron chi connectivity index (χ2n) is 8.32. The van der Waals surface area contributed by atoms with Gasteiger partial charge in [-0.25, -0.2) is 0 Å². The molecule has 2 bridgehead atoms. The highest BCUT2D eigenvalue weighted by atomic mass is 15.3. The van der Waals surface area contributed by atoms with E-state index in [9.17, 15) is 0 Å². The molecule has 0 spiro atoms. The van der Waals surface area contributed by atoms with Crippen LogP contribution < -0.4 is 5.32 Å². The van der Waals surface area contributed by atoms with Crippen LogP contribution in [0.15, 0.2) is 0 Å². The number of hydrogen-bond donors (Lipinski definition) is 1. The zero-order valence-corrected chi connectivity index (χ0v) is 14.4. The molecule has 0 amide bonds. The Balaban J connectivity index is 1.60. The van der Waals surface area contributed by atoms with Crippen LogP contribution in [0.4, 0.5) is 0 Å². The van der Waals surface area contributed by atoms with Crippen molar-refractivity contribution >= 4 is 0 Å². The highest BCUT2D eigenvalue weighted by Gasteiger charge is 2.39. The van der Waals surface area contributed by atoms with E-state index >= 15 is 0 Å². The van der Waals surface area contributed by atoms with Crippen molar-refractivity contribution in [2.75, 3.05) is 33.2 Å². The Morgan fingerprint density at radius 2 is 1.81 bits per heavy atom. The van der Waals surface area contributed by atoms with E-state index in [1.807, 2.05) is 0 Å². The molecule has 2 saturated heterocycles. The van der Waals surface area contributed by atoms with Gasteiger partial charge in [-0.1, -0.05) is 26.7 Å². The fourth-order valence-electron chi connectivity index (χ4n) is 4.93. The first-order valence-electron chi connectivity index (χ1n) is 9.26. The fraction of sp³-hybridized carbons (Fsp3) is 1.00. The summed E-state index contributed by atoms with van der Waals surface area (Å²) in [6.45, 7) is 9.77. The average Bonchev–Trinajstić information content (AvgIpc) is 2.98. The van der Waals surface area contributed by atoms with Crippen LogP contribution in [0.3, 0.4) is 0 Å². The topological polar surface area (TPSA) is 18.5 Å². The third-order valence-corrected chi connectivity index (χ3v) is 6.34. The van der Waals surface area contributed by atoms with Gasteiger partial charge in [0.15, 0.2) is 0 Å². The molecule has 3 heteroatoms. The zero-order chi connectivity index (χ0) is 14.9. The van der Waals surface area contributed by atoms with Gasteiger partial charge >= 0.3 is 0 Å². The lowest BCUT2D eigenvalue weighted by atomic mass is 9.84. The van der Waals surface area contributed by atoms with E-state index in [4.69, 9.17) is 0 Å². The van der Waals surface area contributed by atoms with Crippen LogP contribution >= 0.6 is 0 Å². The van der Waals surface area contributed by atoms with Crippen molar-refractivity contribution in [3.05, 3.63) is 0 Å². The van der Waals surface area contributed by atoms with E-state index in [1.54, 1.807) is 0 Å². The van der Waals surface area contributed by atoms with Crippen LogP contribution in [0, 0.1) is 5.41 Å². The first kappa shape index (κ1) is 15.8. The molecule has 1 aliphatic carbocycles. The van der Waals surface area contributed by atoms with Gasteiger partial charge < -0.3 is 10.2 Å². The number of likely N-dealkylation sites (tertiary alicyclic amines) is 1. The van der Waals surface area contributed by atoms with Crippen LogP contribution in [0.25, 0.3) is 0 Å². The Kier molecular flexibility index (Phi) is 4.92. The maximum Gasteiger partial charge on any atom is 0.0223 e. The van der Waals surface area contributed by atoms with Crippen LogP contribution in [-0.2, 0) is 0 Å². The monoisotopic (exact) mass is 293 g/mol. The van der Waals surface area contributed by atoms with E-state index in [2.05, 4.69) is 36.0 Å². The molecule has 21 heavy (non-hydrogen) atoms. The van der Waals surface area contributed by atoms with E-state index in [0.717, 1.165) is 12.1 Å². The van der Waals surface area contributed by atoms with Crippen molar-refractivity contribution in [1.29, 1.82) is 0 Å². The summed E-state index contributed by atoms with van der Waals surface area (Å²) in [6, 6.07) is 2.32. The largest absolute Gasteiger partial charge is 0.314 e. The van der Waals surface area contributed by atoms with Gasteiger partial charge in [0.05, 0.1) is 0 Å². The van der Waals surface area contributed by atoms with Crippen molar-refractivity contribution in [2.45, 2.75) is 76.9 Å². The minimum atomic E-state index is 0.562. The van der Waals surface area contributed by atoms with Crippen LogP contribution in [-0.4, -0.2) is 61.2 Å². The van der Waals surface area contributed by atoms with Crippen LogP contribution in [0.2, 0.25) is 0 Å². The van der Waals surface area contributed by atoms with Crippen molar-refractivity contribution in [2.24, 2.45) is 5.41 Å². The number of nitrogens with one attached hydrogen (secondary N) is 1. The highest BCUT2D eigenvalue weighted by molar-refractivity contribution is 4.95. The molecule has 0 radical (unpaired) electrons. The smallest absolute Gasteiger partial charge is 0.0223 e. The van der Waals surface area contributed by atoms with Gasteiger partial charge in [0, 0.05) is 37.8 Å². The molecule has 2 heterocycles. The summed E-state index contributed by atoms with van der Waals surface area (Å²) in [5.74, 6) is 0. The molecular formula is C18H35N3. The van der Waals surface area contributed by atoms with Gasteiger partial charge in [0.25, 0.3) is 0 Å². The summed E-state index contributed by atoms with van der Waals surface area (Å²) in [7, 11) is 2.36. The molecule has 3 rings (SSSR count). The van der Waals surface area contributed by atoms with Gasteiger partial charge in [0.2, 0.25) is 0 Å². The maximum absolute atomic E-state index is 3.74. The van der Waals surface area contributed by atoms with Crippen molar-refractivity contribution in [1.82, 2.24) is 15.1 Å². The third-order valence-electron chi connectivity index (χ3n) is 6.34. The number of nitrogens with zero attached hydrogens (tertiary/aromatic N) is 2. The lowest BCUT2D eigenvalue weighted by molar-refractivity contribution is 0.134. The standard InChI is InChI=1S/C18H35N3/c1-15(2)19-13-18(9-4-5-10-18)14-21-11-8-16-6-7-17(12-21)20(16)3/h15-17,19H,4-14H2,1-3H3. The lowest BCUT2D eigenvalue weighted by Gasteiger charge is -2.37. The number of hydrogen-bond acceptors (Lipinski definition) is 3. The fourth-order valence-corrected chi connectivity index (χ4v) is 4.93. The van der Waals surface area contributed by atoms with E-state index < -0.39 is 0 Å². The quantitative estimate of drug-likeness (QED) is 0.841. The molecule has 2 unspecified atom stereocenters. The van der Waals surface area contributed by atoms with E-state index in [-0.39, 0.29) is 0 Å². The minimum Gasteiger partial charge on any atom is -0.314 e. The summed E-state index contributed by atoms with van der Waals surface area (Å²) in [5.41, 5.74) is 0.562. The lowest BCUT2D eigenvalue weighted by Crippen LogP contribution is -2.46. The maximum atomic E-state index is 3.74. The summed E-state index contributed by atoms with van der Waals surface area (Å²) >= 11 is 0. The molecule has 122 valence electrons. The molecule has 3 aliphatic rings. The summed E-state index contributed by atoms with van der Waals surface area (Å²) in [6.07, 6.45) is 10.0. The van der Waals surface area contributed by atoms with Crippen LogP contribution in [0.1, 0.15) is 58.8 Å². The van der Waals surface area contributed by atoms with E-state index in [0.29, 0.717) is 11.5 Å². The molecule has 1 N–H and O–H groups in total. The normalized spacial score (nSPS) is 33.7. The van der Waals surface area contributed by atoms with Crippen molar-refractivity contribution in [3.8, 4) is 0 Å². The van der Waals surface area contributed by atoms with Crippen molar-refractivity contribution < 1.29 is 0 Å². The average molecular weight is 293 g/mol. The van der Waals surface area contributed by atoms with Gasteiger partial charge in [0.1, 0.15) is 0 Å². The Hall–Kier alpha value is -0.120. The molecule has 0 aromatic carbocycles. The molecular weight excluding hydrogens is 258 g/mol. The predicted molar refractivity (Wildman–Crippen MR) is 89.7 cm³/mol. The summed E-state index contributed by atoms with van der Waals surface area (Å²) in [5, 5.41) is 3.74. The Labute approximate surface area is 131 Å². The summed E-state index contributed by atoms with van der Waals surface area (Å²) in [4.78, 5) is 5.49. The Bertz CT molecular complexity index is 335. The predicted octanol–water partition coefficient (Wildman–Crippen LogP) is 2.71. The molecule has 1 saturated carbocycles. The number of fused-ring (bicyclic) bond motifs is 2. The van der Waals surface area contributed by atoms with Gasteiger partial charge in [-0.15, -0.1) is 0 Å². The number of likely N-dealkylation sites (N-methyl/N-ethyl adjacent to an activating group) is 1. The molecule has 3 fully saturated rings. The van der Waals surface area contributed by atoms with Gasteiger partial charge in [-0.05, 0) is 51.1 Å². The zero-order valence-electron chi connectivity index (χ0n) is 14.4.